The van der Waals surface area contributed by atoms with Crippen LogP contribution in [0.4, 0.5) is 0 Å². The maximum absolute atomic E-state index is 3.22. The van der Waals surface area contributed by atoms with Crippen molar-refractivity contribution < 1.29 is 0 Å². The first-order valence-corrected chi connectivity index (χ1v) is 9.82. The van der Waals surface area contributed by atoms with Gasteiger partial charge in [0.2, 0.25) is 0 Å². The summed E-state index contributed by atoms with van der Waals surface area (Å²) in [6, 6.07) is 0. The maximum atomic E-state index is 3.22. The molecule has 0 aliphatic heterocycles. The number of nitrogens with one attached hydrogen (secondary N) is 1. The number of allylic oxidation sites excluding steroid dienone is 2. The van der Waals surface area contributed by atoms with E-state index >= 15 is 0 Å². The van der Waals surface area contributed by atoms with E-state index < -0.39 is 0 Å². The second kappa shape index (κ2) is 25.6. The van der Waals surface area contributed by atoms with Crippen LogP contribution in [0.15, 0.2) is 11.6 Å². The van der Waals surface area contributed by atoms with Crippen molar-refractivity contribution in [1.82, 2.24) is 5.32 Å². The topological polar surface area (TPSA) is 12.0 Å². The Balaban J connectivity index is -0.000000434. The fourth-order valence-corrected chi connectivity index (χ4v) is 1.98. The summed E-state index contributed by atoms with van der Waals surface area (Å²) < 4.78 is 0. The van der Waals surface area contributed by atoms with Gasteiger partial charge in [0.1, 0.15) is 0 Å². The van der Waals surface area contributed by atoms with Crippen LogP contribution in [0, 0.1) is 5.92 Å². The molecule has 0 aromatic heterocycles. The number of rotatable bonds is 11. The zero-order chi connectivity index (χ0) is 17.6. The van der Waals surface area contributed by atoms with Crippen LogP contribution in [-0.4, -0.2) is 13.6 Å². The van der Waals surface area contributed by atoms with Crippen molar-refractivity contribution in [2.24, 2.45) is 5.92 Å². The predicted octanol–water partition coefficient (Wildman–Crippen LogP) is 7.37. The van der Waals surface area contributed by atoms with E-state index in [-0.39, 0.29) is 0 Å². The van der Waals surface area contributed by atoms with Gasteiger partial charge in [0.15, 0.2) is 0 Å². The second-order valence-electron chi connectivity index (χ2n) is 6.27. The molecular weight excluding hydrogens is 266 g/mol. The highest BCUT2D eigenvalue weighted by Crippen LogP contribution is 2.14. The quantitative estimate of drug-likeness (QED) is 0.310. The molecule has 1 heteroatoms. The molecule has 0 rings (SSSR count). The molecule has 0 saturated heterocycles. The molecule has 1 nitrogen and oxygen atoms in total. The molecule has 0 saturated carbocycles. The van der Waals surface area contributed by atoms with Gasteiger partial charge in [-0.15, -0.1) is 0 Å². The van der Waals surface area contributed by atoms with E-state index in [4.69, 9.17) is 0 Å². The van der Waals surface area contributed by atoms with Gasteiger partial charge < -0.3 is 5.32 Å². The molecule has 0 aliphatic rings. The number of unbranched alkanes of at least 4 members (excludes halogenated alkanes) is 6. The van der Waals surface area contributed by atoms with Crippen LogP contribution in [0.2, 0.25) is 0 Å². The summed E-state index contributed by atoms with van der Waals surface area (Å²) in [5, 5.41) is 3.22. The summed E-state index contributed by atoms with van der Waals surface area (Å²) in [5.74, 6) is 0.910. The van der Waals surface area contributed by atoms with Crippen LogP contribution in [-0.2, 0) is 0 Å². The molecule has 136 valence electrons. The van der Waals surface area contributed by atoms with Crippen molar-refractivity contribution in [3.8, 4) is 0 Å². The Bertz CT molecular complexity index is 192. The monoisotopic (exact) mass is 313 g/mol. The van der Waals surface area contributed by atoms with Crippen molar-refractivity contribution in [2.75, 3.05) is 13.6 Å². The average molecular weight is 314 g/mol. The third kappa shape index (κ3) is 31.9. The first-order valence-electron chi connectivity index (χ1n) is 9.82. The van der Waals surface area contributed by atoms with Crippen LogP contribution < -0.4 is 5.32 Å². The third-order valence-corrected chi connectivity index (χ3v) is 3.76. The average Bonchev–Trinajstić information content (AvgIpc) is 2.54. The van der Waals surface area contributed by atoms with E-state index in [0.717, 1.165) is 5.92 Å². The lowest BCUT2D eigenvalue weighted by molar-refractivity contribution is 0.449. The molecule has 0 aromatic rings. The van der Waals surface area contributed by atoms with Crippen molar-refractivity contribution in [3.63, 3.8) is 0 Å². The summed E-state index contributed by atoms with van der Waals surface area (Å²) in [6.07, 6.45) is 14.9. The Morgan fingerprint density at radius 3 is 1.77 bits per heavy atom. The van der Waals surface area contributed by atoms with Crippen LogP contribution in [0.3, 0.4) is 0 Å². The Labute approximate surface area is 143 Å². The lowest BCUT2D eigenvalue weighted by Crippen LogP contribution is -2.11. The van der Waals surface area contributed by atoms with Gasteiger partial charge in [0.05, 0.1) is 0 Å². The molecule has 22 heavy (non-hydrogen) atoms. The Morgan fingerprint density at radius 2 is 1.36 bits per heavy atom. The summed E-state index contributed by atoms with van der Waals surface area (Å²) in [5.41, 5.74) is 1.38. The van der Waals surface area contributed by atoms with E-state index in [9.17, 15) is 0 Å². The smallest absolute Gasteiger partial charge is 0.00494 e. The minimum Gasteiger partial charge on any atom is -0.320 e. The lowest BCUT2D eigenvalue weighted by Gasteiger charge is -2.10. The van der Waals surface area contributed by atoms with Gasteiger partial charge in [-0.25, -0.2) is 0 Å². The van der Waals surface area contributed by atoms with E-state index in [1.807, 2.05) is 27.8 Å². The van der Waals surface area contributed by atoms with Gasteiger partial charge in [-0.2, -0.15) is 0 Å². The van der Waals surface area contributed by atoms with Crippen molar-refractivity contribution in [3.05, 3.63) is 11.6 Å². The maximum Gasteiger partial charge on any atom is -0.00494 e. The predicted molar refractivity (Wildman–Crippen MR) is 107 cm³/mol. The molecule has 0 bridgehead atoms. The third-order valence-electron chi connectivity index (χ3n) is 3.76. The van der Waals surface area contributed by atoms with Crippen LogP contribution in [0.5, 0.6) is 0 Å². The Morgan fingerprint density at radius 1 is 0.909 bits per heavy atom. The van der Waals surface area contributed by atoms with Gasteiger partial charge in [0, 0.05) is 0 Å². The molecule has 0 spiro atoms. The highest BCUT2D eigenvalue weighted by atomic mass is 14.8. The summed E-state index contributed by atoms with van der Waals surface area (Å²) in [6.45, 7) is 16.0. The normalized spacial score (nSPS) is 10.7. The number of hydrogen-bond acceptors (Lipinski definition) is 1. The van der Waals surface area contributed by atoms with Gasteiger partial charge in [-0.05, 0) is 46.7 Å². The van der Waals surface area contributed by atoms with Crippen molar-refractivity contribution in [2.45, 2.75) is 106 Å². The Hall–Kier alpha value is -0.300. The summed E-state index contributed by atoms with van der Waals surface area (Å²) >= 11 is 0. The highest BCUT2D eigenvalue weighted by Gasteiger charge is 2.00. The van der Waals surface area contributed by atoms with E-state index in [1.165, 1.54) is 69.9 Å². The molecule has 0 fully saturated rings. The minimum absolute atomic E-state index is 0.910. The van der Waals surface area contributed by atoms with Crippen molar-refractivity contribution >= 4 is 0 Å². The summed E-state index contributed by atoms with van der Waals surface area (Å²) in [4.78, 5) is 0. The highest BCUT2D eigenvalue weighted by molar-refractivity contribution is 4.88. The van der Waals surface area contributed by atoms with Crippen LogP contribution >= 0.6 is 0 Å². The molecule has 1 atom stereocenters. The van der Waals surface area contributed by atoms with Gasteiger partial charge >= 0.3 is 0 Å². The van der Waals surface area contributed by atoms with Gasteiger partial charge in [-0.1, -0.05) is 90.7 Å². The largest absolute Gasteiger partial charge is 0.320 e. The van der Waals surface area contributed by atoms with Gasteiger partial charge in [0.25, 0.3) is 0 Å². The fourth-order valence-electron chi connectivity index (χ4n) is 1.98. The first-order chi connectivity index (χ1) is 10.6. The molecule has 0 aliphatic carbocycles. The first kappa shape index (κ1) is 26.6. The fraction of sp³-hybridized carbons (Fsp3) is 0.905. The molecular formula is C21H47N. The van der Waals surface area contributed by atoms with Crippen molar-refractivity contribution in [1.29, 1.82) is 0 Å². The summed E-state index contributed by atoms with van der Waals surface area (Å²) in [7, 11) is 2.04. The zero-order valence-electron chi connectivity index (χ0n) is 17.2. The Kier molecular flexibility index (Phi) is 31.0. The van der Waals surface area contributed by atoms with Crippen LogP contribution in [0.25, 0.3) is 0 Å². The molecule has 1 N–H and O–H groups in total. The molecule has 0 radical (unpaired) electrons. The van der Waals surface area contributed by atoms with E-state index in [0.29, 0.717) is 0 Å². The SMILES string of the molecule is CC.CC=C(C)C.CCCCCCCCCC(C)CCNC. The minimum atomic E-state index is 0.910. The molecule has 0 aromatic carbocycles. The molecule has 0 amide bonds. The standard InChI is InChI=1S/C14H31N.C5H10.C2H6/c1-4-5-6-7-8-9-10-11-14(2)12-13-15-3;1-4-5(2)3;1-2/h14-15H,4-13H2,1-3H3;4H,1-3H3;1-2H3. The number of hydrogen-bond donors (Lipinski definition) is 1. The van der Waals surface area contributed by atoms with Gasteiger partial charge in [-0.3, -0.25) is 0 Å². The lowest BCUT2D eigenvalue weighted by atomic mass is 9.99. The second-order valence-corrected chi connectivity index (χ2v) is 6.27. The zero-order valence-corrected chi connectivity index (χ0v) is 17.2. The van der Waals surface area contributed by atoms with Crippen LogP contribution in [0.1, 0.15) is 106 Å². The van der Waals surface area contributed by atoms with E-state index in [2.05, 4.69) is 39.1 Å². The molecule has 0 heterocycles. The van der Waals surface area contributed by atoms with E-state index in [1.54, 1.807) is 0 Å². The molecule has 1 unspecified atom stereocenters.